The number of hydrogen-bond acceptors (Lipinski definition) is 6. The second-order valence-electron chi connectivity index (χ2n) is 8.05. The molecule has 4 heterocycles. The average Bonchev–Trinajstić information content (AvgIpc) is 3.11. The van der Waals surface area contributed by atoms with Crippen LogP contribution in [0, 0.1) is 16.7 Å². The van der Waals surface area contributed by atoms with Gasteiger partial charge in [-0.25, -0.2) is 4.98 Å². The lowest BCUT2D eigenvalue weighted by atomic mass is 9.90. The molecule has 1 aromatic rings. The maximum atomic E-state index is 12.5. The van der Waals surface area contributed by atoms with Gasteiger partial charge in [-0.1, -0.05) is 11.3 Å². The summed E-state index contributed by atoms with van der Waals surface area (Å²) in [7, 11) is 0. The van der Waals surface area contributed by atoms with Crippen molar-refractivity contribution < 1.29 is 4.79 Å². The zero-order chi connectivity index (χ0) is 17.6. The first-order valence-corrected chi connectivity index (χ1v) is 9.95. The van der Waals surface area contributed by atoms with Gasteiger partial charge in [0, 0.05) is 49.4 Å². The van der Waals surface area contributed by atoms with Gasteiger partial charge in [-0.15, -0.1) is 0 Å². The number of amides is 1. The zero-order valence-corrected chi connectivity index (χ0v) is 15.7. The van der Waals surface area contributed by atoms with Crippen molar-refractivity contribution in [3.05, 3.63) is 10.6 Å². The monoisotopic (exact) mass is 359 g/mol. The van der Waals surface area contributed by atoms with Crippen molar-refractivity contribution in [2.75, 3.05) is 24.5 Å². The Morgan fingerprint density at radius 2 is 2.12 bits per heavy atom. The predicted octanol–water partition coefficient (Wildman–Crippen LogP) is 1.91. The number of fused-ring (bicyclic) bond motifs is 3. The first-order chi connectivity index (χ1) is 12.0. The second kappa shape index (κ2) is 6.26. The van der Waals surface area contributed by atoms with Crippen LogP contribution in [0.25, 0.3) is 0 Å². The number of nitriles is 1. The molecule has 0 spiro atoms. The van der Waals surface area contributed by atoms with E-state index >= 15 is 0 Å². The Labute approximate surface area is 152 Å². The molecule has 2 fully saturated rings. The van der Waals surface area contributed by atoms with Gasteiger partial charge in [-0.05, 0) is 26.7 Å². The van der Waals surface area contributed by atoms with Crippen molar-refractivity contribution in [2.24, 2.45) is 5.41 Å². The molecular formula is C18H25N5OS. The largest absolute Gasteiger partial charge is 0.340 e. The highest BCUT2D eigenvalue weighted by atomic mass is 32.1. The van der Waals surface area contributed by atoms with Crippen LogP contribution in [0.3, 0.4) is 0 Å². The molecule has 4 rings (SSSR count). The number of thiazole rings is 1. The van der Waals surface area contributed by atoms with Crippen molar-refractivity contribution >= 4 is 22.4 Å². The molecule has 2 bridgehead atoms. The molecule has 0 aromatic carbocycles. The molecule has 0 radical (unpaired) electrons. The first-order valence-electron chi connectivity index (χ1n) is 9.13. The number of carbonyl (C=O) groups is 1. The van der Waals surface area contributed by atoms with E-state index in [-0.39, 0.29) is 12.3 Å². The van der Waals surface area contributed by atoms with Crippen LogP contribution in [0.5, 0.6) is 0 Å². The molecular weight excluding hydrogens is 334 g/mol. The molecule has 134 valence electrons. The molecule has 0 saturated carbocycles. The zero-order valence-electron chi connectivity index (χ0n) is 14.9. The molecule has 2 atom stereocenters. The van der Waals surface area contributed by atoms with Gasteiger partial charge in [-0.2, -0.15) is 5.26 Å². The molecule has 3 aliphatic rings. The van der Waals surface area contributed by atoms with E-state index in [1.807, 2.05) is 18.7 Å². The van der Waals surface area contributed by atoms with Crippen molar-refractivity contribution in [1.29, 1.82) is 5.26 Å². The minimum Gasteiger partial charge on any atom is -0.340 e. The minimum absolute atomic E-state index is 0.0781. The summed E-state index contributed by atoms with van der Waals surface area (Å²) in [4.78, 5) is 23.1. The first kappa shape index (κ1) is 16.8. The van der Waals surface area contributed by atoms with Crippen molar-refractivity contribution in [2.45, 2.75) is 58.2 Å². The predicted molar refractivity (Wildman–Crippen MR) is 97.4 cm³/mol. The summed E-state index contributed by atoms with van der Waals surface area (Å²) in [6.07, 6.45) is 3.60. The SMILES string of the molecule is CC(C)(C#N)CC(=O)N1CCc2nc(N3C4CCC3CNC4)sc2C1. The number of rotatable bonds is 3. The topological polar surface area (TPSA) is 72.3 Å². The highest BCUT2D eigenvalue weighted by Gasteiger charge is 2.39. The molecule has 3 aliphatic heterocycles. The number of piperazine rings is 1. The van der Waals surface area contributed by atoms with Crippen LogP contribution < -0.4 is 10.2 Å². The fraction of sp³-hybridized carbons (Fsp3) is 0.722. The van der Waals surface area contributed by atoms with Gasteiger partial charge >= 0.3 is 0 Å². The number of nitrogens with zero attached hydrogens (tertiary/aromatic N) is 4. The van der Waals surface area contributed by atoms with Crippen molar-refractivity contribution in [1.82, 2.24) is 15.2 Å². The second-order valence-corrected chi connectivity index (χ2v) is 9.12. The van der Waals surface area contributed by atoms with E-state index in [2.05, 4.69) is 16.3 Å². The summed E-state index contributed by atoms with van der Waals surface area (Å²) in [6.45, 7) is 7.11. The van der Waals surface area contributed by atoms with E-state index in [1.54, 1.807) is 11.3 Å². The maximum Gasteiger partial charge on any atom is 0.224 e. The van der Waals surface area contributed by atoms with Crippen molar-refractivity contribution in [3.8, 4) is 6.07 Å². The molecule has 7 heteroatoms. The van der Waals surface area contributed by atoms with Gasteiger partial charge in [0.1, 0.15) is 0 Å². The summed E-state index contributed by atoms with van der Waals surface area (Å²) in [5.41, 5.74) is 0.567. The molecule has 0 aliphatic carbocycles. The summed E-state index contributed by atoms with van der Waals surface area (Å²) < 4.78 is 0. The Bertz CT molecular complexity index is 706. The Morgan fingerprint density at radius 3 is 2.80 bits per heavy atom. The Balaban J connectivity index is 1.48. The Morgan fingerprint density at radius 1 is 1.40 bits per heavy atom. The Hall–Kier alpha value is -1.65. The highest BCUT2D eigenvalue weighted by Crippen LogP contribution is 2.38. The summed E-state index contributed by atoms with van der Waals surface area (Å²) in [5, 5.41) is 13.8. The van der Waals surface area contributed by atoms with Gasteiger partial charge in [0.25, 0.3) is 0 Å². The van der Waals surface area contributed by atoms with Crippen LogP contribution in [-0.4, -0.2) is 47.5 Å². The number of nitrogens with one attached hydrogen (secondary N) is 1. The van der Waals surface area contributed by atoms with Gasteiger partial charge in [0.15, 0.2) is 5.13 Å². The molecule has 25 heavy (non-hydrogen) atoms. The number of anilines is 1. The third-order valence-electron chi connectivity index (χ3n) is 5.57. The van der Waals surface area contributed by atoms with E-state index in [4.69, 9.17) is 10.2 Å². The van der Waals surface area contributed by atoms with Gasteiger partial charge in [0.05, 0.1) is 23.7 Å². The van der Waals surface area contributed by atoms with Crippen LogP contribution >= 0.6 is 11.3 Å². The standard InChI is InChI=1S/C18H25N5OS/c1-18(2,11-19)7-16(24)22-6-5-14-15(10-22)25-17(21-14)23-12-3-4-13(23)9-20-8-12/h12-13,20H,3-10H2,1-2H3. The Kier molecular flexibility index (Phi) is 4.20. The molecule has 1 N–H and O–H groups in total. The molecule has 2 unspecified atom stereocenters. The van der Waals surface area contributed by atoms with Gasteiger partial charge in [0.2, 0.25) is 5.91 Å². The summed E-state index contributed by atoms with van der Waals surface area (Å²) >= 11 is 1.76. The van der Waals surface area contributed by atoms with E-state index < -0.39 is 5.41 Å². The third kappa shape index (κ3) is 3.13. The van der Waals surface area contributed by atoms with E-state index in [0.29, 0.717) is 25.2 Å². The normalized spacial score (nSPS) is 25.6. The lowest BCUT2D eigenvalue weighted by Gasteiger charge is -2.35. The van der Waals surface area contributed by atoms with Crippen LogP contribution in [0.1, 0.15) is 43.7 Å². The minimum atomic E-state index is -0.601. The fourth-order valence-corrected chi connectivity index (χ4v) is 5.39. The number of hydrogen-bond donors (Lipinski definition) is 1. The van der Waals surface area contributed by atoms with Crippen LogP contribution in [0.4, 0.5) is 5.13 Å². The fourth-order valence-electron chi connectivity index (χ4n) is 4.13. The van der Waals surface area contributed by atoms with Crippen LogP contribution in [0.15, 0.2) is 0 Å². The van der Waals surface area contributed by atoms with Gasteiger partial charge < -0.3 is 15.1 Å². The van der Waals surface area contributed by atoms with Crippen LogP contribution in [-0.2, 0) is 17.8 Å². The van der Waals surface area contributed by atoms with E-state index in [1.165, 1.54) is 23.4 Å². The average molecular weight is 359 g/mol. The van der Waals surface area contributed by atoms with Gasteiger partial charge in [-0.3, -0.25) is 4.79 Å². The number of carbonyl (C=O) groups excluding carboxylic acids is 1. The number of aromatic nitrogens is 1. The lowest BCUT2D eigenvalue weighted by molar-refractivity contribution is -0.133. The third-order valence-corrected chi connectivity index (χ3v) is 6.66. The van der Waals surface area contributed by atoms with E-state index in [0.717, 1.165) is 24.6 Å². The lowest BCUT2D eigenvalue weighted by Crippen LogP contribution is -2.51. The molecule has 2 saturated heterocycles. The quantitative estimate of drug-likeness (QED) is 0.892. The summed E-state index contributed by atoms with van der Waals surface area (Å²) in [6, 6.07) is 3.36. The maximum absolute atomic E-state index is 12.5. The molecule has 6 nitrogen and oxygen atoms in total. The smallest absolute Gasteiger partial charge is 0.224 e. The molecule has 1 aromatic heterocycles. The molecule has 1 amide bonds. The summed E-state index contributed by atoms with van der Waals surface area (Å²) in [5.74, 6) is 0.0781. The van der Waals surface area contributed by atoms with Crippen LogP contribution in [0.2, 0.25) is 0 Å². The van der Waals surface area contributed by atoms with Crippen molar-refractivity contribution in [3.63, 3.8) is 0 Å². The highest BCUT2D eigenvalue weighted by molar-refractivity contribution is 7.15. The van der Waals surface area contributed by atoms with E-state index in [9.17, 15) is 4.79 Å².